The number of nitrogens with one attached hydrogen (secondary N) is 1. The lowest BCUT2D eigenvalue weighted by atomic mass is 10.0. The zero-order chi connectivity index (χ0) is 12.0. The molecule has 4 nitrogen and oxygen atoms in total. The third kappa shape index (κ3) is 4.94. The Hall–Kier alpha value is -0.610. The molecule has 4 heteroatoms. The summed E-state index contributed by atoms with van der Waals surface area (Å²) in [5.74, 6) is 0.766. The monoisotopic (exact) mass is 228 g/mol. The van der Waals surface area contributed by atoms with Gasteiger partial charge in [-0.25, -0.2) is 0 Å². The van der Waals surface area contributed by atoms with Crippen molar-refractivity contribution in [1.82, 2.24) is 10.2 Å². The molecule has 0 aromatic heterocycles. The number of carbonyl (C=O) groups is 1. The molecule has 0 bridgehead atoms. The lowest BCUT2D eigenvalue weighted by molar-refractivity contribution is -0.131. The van der Waals surface area contributed by atoms with Gasteiger partial charge in [0.1, 0.15) is 0 Å². The van der Waals surface area contributed by atoms with E-state index in [0.717, 1.165) is 19.5 Å². The second kappa shape index (κ2) is 6.86. The maximum atomic E-state index is 11.8. The Morgan fingerprint density at radius 2 is 2.31 bits per heavy atom. The number of amides is 1. The van der Waals surface area contributed by atoms with Crippen molar-refractivity contribution in [1.29, 1.82) is 0 Å². The standard InChI is InChI=1S/C12H24N2O2/c1-10(2)16-7-6-14(3)12(15)8-11-4-5-13-9-11/h10-11,13H,4-9H2,1-3H3. The van der Waals surface area contributed by atoms with Gasteiger partial charge in [0, 0.05) is 20.0 Å². The van der Waals surface area contributed by atoms with Crippen molar-refractivity contribution in [3.05, 3.63) is 0 Å². The van der Waals surface area contributed by atoms with Crippen LogP contribution in [0.4, 0.5) is 0 Å². The van der Waals surface area contributed by atoms with E-state index in [1.54, 1.807) is 4.90 Å². The maximum absolute atomic E-state index is 11.8. The van der Waals surface area contributed by atoms with Gasteiger partial charge >= 0.3 is 0 Å². The molecule has 1 amide bonds. The molecule has 0 aromatic carbocycles. The quantitative estimate of drug-likeness (QED) is 0.733. The first kappa shape index (κ1) is 13.5. The summed E-state index contributed by atoms with van der Waals surface area (Å²) in [6.45, 7) is 7.37. The summed E-state index contributed by atoms with van der Waals surface area (Å²) in [4.78, 5) is 13.6. The van der Waals surface area contributed by atoms with Crippen molar-refractivity contribution in [3.63, 3.8) is 0 Å². The number of hydrogen-bond acceptors (Lipinski definition) is 3. The number of carbonyl (C=O) groups excluding carboxylic acids is 1. The van der Waals surface area contributed by atoms with E-state index in [0.29, 0.717) is 25.5 Å². The minimum atomic E-state index is 0.237. The van der Waals surface area contributed by atoms with Gasteiger partial charge in [-0.2, -0.15) is 0 Å². The van der Waals surface area contributed by atoms with Crippen LogP contribution in [0.15, 0.2) is 0 Å². The molecule has 94 valence electrons. The molecule has 1 aliphatic heterocycles. The molecule has 16 heavy (non-hydrogen) atoms. The highest BCUT2D eigenvalue weighted by Gasteiger charge is 2.19. The van der Waals surface area contributed by atoms with Gasteiger partial charge in [0.15, 0.2) is 0 Å². The highest BCUT2D eigenvalue weighted by atomic mass is 16.5. The van der Waals surface area contributed by atoms with Gasteiger partial charge in [0.2, 0.25) is 5.91 Å². The summed E-state index contributed by atoms with van der Waals surface area (Å²) in [5, 5.41) is 3.28. The van der Waals surface area contributed by atoms with Crippen molar-refractivity contribution in [3.8, 4) is 0 Å². The topological polar surface area (TPSA) is 41.6 Å². The summed E-state index contributed by atoms with van der Waals surface area (Å²) < 4.78 is 5.43. The van der Waals surface area contributed by atoms with Crippen molar-refractivity contribution in [2.24, 2.45) is 5.92 Å². The van der Waals surface area contributed by atoms with Gasteiger partial charge in [0.25, 0.3) is 0 Å². The molecular weight excluding hydrogens is 204 g/mol. The number of rotatable bonds is 6. The van der Waals surface area contributed by atoms with E-state index in [1.807, 2.05) is 20.9 Å². The fraction of sp³-hybridized carbons (Fsp3) is 0.917. The average Bonchev–Trinajstić information content (AvgIpc) is 2.69. The van der Waals surface area contributed by atoms with Crippen LogP contribution in [-0.2, 0) is 9.53 Å². The SMILES string of the molecule is CC(C)OCCN(C)C(=O)CC1CCNC1. The van der Waals surface area contributed by atoms with Crippen molar-refractivity contribution < 1.29 is 9.53 Å². The molecule has 1 N–H and O–H groups in total. The fourth-order valence-corrected chi connectivity index (χ4v) is 1.84. The predicted octanol–water partition coefficient (Wildman–Crippen LogP) is 0.869. The van der Waals surface area contributed by atoms with Gasteiger partial charge in [-0.15, -0.1) is 0 Å². The largest absolute Gasteiger partial charge is 0.377 e. The predicted molar refractivity (Wildman–Crippen MR) is 64.3 cm³/mol. The molecule has 0 spiro atoms. The Labute approximate surface area is 98.3 Å². The van der Waals surface area contributed by atoms with Gasteiger partial charge in [-0.05, 0) is 39.3 Å². The lowest BCUT2D eigenvalue weighted by Gasteiger charge is -2.19. The van der Waals surface area contributed by atoms with E-state index < -0.39 is 0 Å². The van der Waals surface area contributed by atoms with Crippen LogP contribution in [0.5, 0.6) is 0 Å². The molecule has 1 saturated heterocycles. The Bertz CT molecular complexity index is 213. The highest BCUT2D eigenvalue weighted by molar-refractivity contribution is 5.76. The molecule has 1 unspecified atom stereocenters. The molecule has 0 radical (unpaired) electrons. The lowest BCUT2D eigenvalue weighted by Crippen LogP contribution is -2.32. The zero-order valence-corrected chi connectivity index (χ0v) is 10.7. The minimum absolute atomic E-state index is 0.237. The Balaban J connectivity index is 2.14. The number of hydrogen-bond donors (Lipinski definition) is 1. The van der Waals surface area contributed by atoms with E-state index in [4.69, 9.17) is 4.74 Å². The van der Waals surface area contributed by atoms with Crippen LogP contribution in [0.1, 0.15) is 26.7 Å². The third-order valence-corrected chi connectivity index (χ3v) is 2.93. The van der Waals surface area contributed by atoms with E-state index in [2.05, 4.69) is 5.32 Å². The molecule has 0 aliphatic carbocycles. The molecule has 1 atom stereocenters. The fourth-order valence-electron chi connectivity index (χ4n) is 1.84. The van der Waals surface area contributed by atoms with Crippen LogP contribution in [-0.4, -0.2) is 50.2 Å². The molecular formula is C12H24N2O2. The molecule has 0 aromatic rings. The van der Waals surface area contributed by atoms with Crippen molar-refractivity contribution in [2.75, 3.05) is 33.3 Å². The molecule has 1 rings (SSSR count). The first-order valence-corrected chi connectivity index (χ1v) is 6.16. The third-order valence-electron chi connectivity index (χ3n) is 2.93. The van der Waals surface area contributed by atoms with Crippen LogP contribution in [0.3, 0.4) is 0 Å². The summed E-state index contributed by atoms with van der Waals surface area (Å²) in [5.41, 5.74) is 0. The number of nitrogens with zero attached hydrogens (tertiary/aromatic N) is 1. The van der Waals surface area contributed by atoms with Gasteiger partial charge in [0.05, 0.1) is 12.7 Å². The first-order valence-electron chi connectivity index (χ1n) is 6.16. The Morgan fingerprint density at radius 3 is 2.88 bits per heavy atom. The van der Waals surface area contributed by atoms with Crippen LogP contribution in [0.2, 0.25) is 0 Å². The van der Waals surface area contributed by atoms with E-state index in [1.165, 1.54) is 0 Å². The van der Waals surface area contributed by atoms with Gasteiger partial charge < -0.3 is 15.0 Å². The average molecular weight is 228 g/mol. The smallest absolute Gasteiger partial charge is 0.222 e. The van der Waals surface area contributed by atoms with Gasteiger partial charge in [-0.1, -0.05) is 0 Å². The zero-order valence-electron chi connectivity index (χ0n) is 10.7. The van der Waals surface area contributed by atoms with Crippen LogP contribution in [0.25, 0.3) is 0 Å². The second-order valence-corrected chi connectivity index (χ2v) is 4.80. The second-order valence-electron chi connectivity index (χ2n) is 4.80. The summed E-state index contributed by atoms with van der Waals surface area (Å²) in [7, 11) is 1.86. The molecule has 0 saturated carbocycles. The van der Waals surface area contributed by atoms with Crippen LogP contribution < -0.4 is 5.32 Å². The van der Waals surface area contributed by atoms with E-state index in [-0.39, 0.29) is 12.0 Å². The highest BCUT2D eigenvalue weighted by Crippen LogP contribution is 2.13. The molecule has 1 aliphatic rings. The molecule has 1 fully saturated rings. The summed E-state index contributed by atoms with van der Waals surface area (Å²) in [6.07, 6.45) is 2.04. The number of likely N-dealkylation sites (N-methyl/N-ethyl adjacent to an activating group) is 1. The summed E-state index contributed by atoms with van der Waals surface area (Å²) >= 11 is 0. The normalized spacial score (nSPS) is 20.4. The van der Waals surface area contributed by atoms with Crippen molar-refractivity contribution >= 4 is 5.91 Å². The summed E-state index contributed by atoms with van der Waals surface area (Å²) in [6, 6.07) is 0. The minimum Gasteiger partial charge on any atom is -0.377 e. The number of ether oxygens (including phenoxy) is 1. The van der Waals surface area contributed by atoms with Crippen molar-refractivity contribution in [2.45, 2.75) is 32.8 Å². The van der Waals surface area contributed by atoms with Gasteiger partial charge in [-0.3, -0.25) is 4.79 Å². The van der Waals surface area contributed by atoms with E-state index in [9.17, 15) is 4.79 Å². The van der Waals surface area contributed by atoms with Crippen LogP contribution >= 0.6 is 0 Å². The van der Waals surface area contributed by atoms with Crippen LogP contribution in [0, 0.1) is 5.92 Å². The Morgan fingerprint density at radius 1 is 1.56 bits per heavy atom. The maximum Gasteiger partial charge on any atom is 0.222 e. The molecule has 1 heterocycles. The van der Waals surface area contributed by atoms with E-state index >= 15 is 0 Å². The Kier molecular flexibility index (Phi) is 5.77. The first-order chi connectivity index (χ1) is 7.59.